The van der Waals surface area contributed by atoms with Crippen molar-refractivity contribution in [2.24, 2.45) is 4.99 Å². The van der Waals surface area contributed by atoms with Crippen LogP contribution in [0.3, 0.4) is 0 Å². The molecule has 1 fully saturated rings. The van der Waals surface area contributed by atoms with Crippen LogP contribution >= 0.6 is 11.8 Å². The first-order valence-corrected chi connectivity index (χ1v) is 11.1. The number of aromatic nitrogens is 2. The Hall–Kier alpha value is -2.15. The van der Waals surface area contributed by atoms with Gasteiger partial charge in [0.2, 0.25) is 0 Å². The number of aliphatic imine (C=N–C) groups is 1. The van der Waals surface area contributed by atoms with E-state index in [1.165, 1.54) is 26.2 Å². The molecule has 2 aromatic rings. The SMILES string of the molecule is CC(=O)c1nn(CC(=O)OC(C)(C)C)c2ccc(C3=NC4CCCCC4S3)cc12. The van der Waals surface area contributed by atoms with Gasteiger partial charge in [-0.1, -0.05) is 18.9 Å². The number of rotatable bonds is 4. The molecule has 1 aromatic carbocycles. The highest BCUT2D eigenvalue weighted by Crippen LogP contribution is 2.39. The molecule has 154 valence electrons. The van der Waals surface area contributed by atoms with E-state index >= 15 is 0 Å². The Morgan fingerprint density at radius 3 is 2.69 bits per heavy atom. The molecule has 1 saturated carbocycles. The number of fused-ring (bicyclic) bond motifs is 2. The molecule has 6 nitrogen and oxygen atoms in total. The Balaban J connectivity index is 1.67. The monoisotopic (exact) mass is 413 g/mol. The summed E-state index contributed by atoms with van der Waals surface area (Å²) in [5.41, 5.74) is 1.60. The summed E-state index contributed by atoms with van der Waals surface area (Å²) < 4.78 is 6.98. The van der Waals surface area contributed by atoms with E-state index in [-0.39, 0.29) is 18.3 Å². The van der Waals surface area contributed by atoms with Gasteiger partial charge in [-0.05, 0) is 45.7 Å². The number of Topliss-reactive ketones (excluding diaryl/α,β-unsaturated/α-hetero) is 1. The van der Waals surface area contributed by atoms with Crippen LogP contribution in [-0.4, -0.2) is 43.5 Å². The molecule has 29 heavy (non-hydrogen) atoms. The smallest absolute Gasteiger partial charge is 0.328 e. The van der Waals surface area contributed by atoms with Crippen LogP contribution in [0, 0.1) is 0 Å². The van der Waals surface area contributed by atoms with Crippen LogP contribution in [0.4, 0.5) is 0 Å². The predicted molar refractivity (Wildman–Crippen MR) is 116 cm³/mol. The van der Waals surface area contributed by atoms with Crippen LogP contribution in [0.1, 0.15) is 69.4 Å². The maximum atomic E-state index is 12.3. The van der Waals surface area contributed by atoms with Crippen LogP contribution in [0.15, 0.2) is 23.2 Å². The van der Waals surface area contributed by atoms with Gasteiger partial charge in [0.15, 0.2) is 5.78 Å². The van der Waals surface area contributed by atoms with Crippen LogP contribution in [0.2, 0.25) is 0 Å². The molecular formula is C22H27N3O3S. The summed E-state index contributed by atoms with van der Waals surface area (Å²) in [6, 6.07) is 6.36. The second-order valence-electron chi connectivity index (χ2n) is 8.82. The molecule has 0 spiro atoms. The van der Waals surface area contributed by atoms with Crippen molar-refractivity contribution in [1.82, 2.24) is 9.78 Å². The predicted octanol–water partition coefficient (Wildman–Crippen LogP) is 4.39. The lowest BCUT2D eigenvalue weighted by Crippen LogP contribution is -2.26. The second-order valence-corrected chi connectivity index (χ2v) is 10.1. The van der Waals surface area contributed by atoms with E-state index in [2.05, 4.69) is 5.10 Å². The van der Waals surface area contributed by atoms with Crippen LogP contribution in [0.5, 0.6) is 0 Å². The van der Waals surface area contributed by atoms with E-state index in [1.807, 2.05) is 50.7 Å². The van der Waals surface area contributed by atoms with Crippen molar-refractivity contribution in [3.63, 3.8) is 0 Å². The number of benzene rings is 1. The first kappa shape index (κ1) is 20.1. The summed E-state index contributed by atoms with van der Waals surface area (Å²) in [5, 5.41) is 6.81. The molecule has 0 radical (unpaired) electrons. The largest absolute Gasteiger partial charge is 0.459 e. The summed E-state index contributed by atoms with van der Waals surface area (Å²) >= 11 is 1.86. The van der Waals surface area contributed by atoms with Crippen molar-refractivity contribution < 1.29 is 14.3 Å². The fourth-order valence-electron chi connectivity index (χ4n) is 4.02. The molecule has 2 atom stereocenters. The maximum Gasteiger partial charge on any atom is 0.328 e. The van der Waals surface area contributed by atoms with Gasteiger partial charge < -0.3 is 4.74 Å². The Kier molecular flexibility index (Phi) is 5.27. The summed E-state index contributed by atoms with van der Waals surface area (Å²) in [6.07, 6.45) is 4.92. The van der Waals surface area contributed by atoms with Gasteiger partial charge in [-0.15, -0.1) is 11.8 Å². The topological polar surface area (TPSA) is 73.5 Å². The standard InChI is InChI=1S/C22H27N3O3S/c1-13(26)20-15-11-14(21-23-16-7-5-6-8-18(16)29-21)9-10-17(15)25(24-20)12-19(27)28-22(2,3)4/h9-11,16,18H,5-8,12H2,1-4H3. The lowest BCUT2D eigenvalue weighted by Gasteiger charge is -2.21. The van der Waals surface area contributed by atoms with E-state index in [4.69, 9.17) is 9.73 Å². The number of esters is 1. The fraction of sp³-hybridized carbons (Fsp3) is 0.545. The van der Waals surface area contributed by atoms with Gasteiger partial charge in [0.25, 0.3) is 0 Å². The molecule has 1 aliphatic carbocycles. The third-order valence-corrected chi connectivity index (χ3v) is 6.66. The molecule has 2 unspecified atom stereocenters. The molecule has 7 heteroatoms. The summed E-state index contributed by atoms with van der Waals surface area (Å²) in [4.78, 5) is 29.4. The molecule has 2 aliphatic rings. The summed E-state index contributed by atoms with van der Waals surface area (Å²) in [5.74, 6) is -0.495. The first-order chi connectivity index (χ1) is 13.7. The molecule has 2 heterocycles. The summed E-state index contributed by atoms with van der Waals surface area (Å²) in [6.45, 7) is 6.97. The fourth-order valence-corrected chi connectivity index (χ4v) is 5.40. The molecule has 1 aromatic heterocycles. The highest BCUT2D eigenvalue weighted by Gasteiger charge is 2.33. The zero-order chi connectivity index (χ0) is 20.8. The normalized spacial score (nSPS) is 21.7. The van der Waals surface area contributed by atoms with Gasteiger partial charge in [-0.25, -0.2) is 0 Å². The van der Waals surface area contributed by atoms with Crippen molar-refractivity contribution in [2.45, 2.75) is 76.8 Å². The average Bonchev–Trinajstić information content (AvgIpc) is 3.21. The van der Waals surface area contributed by atoms with Gasteiger partial charge in [-0.2, -0.15) is 5.10 Å². The van der Waals surface area contributed by atoms with E-state index in [1.54, 1.807) is 4.68 Å². The summed E-state index contributed by atoms with van der Waals surface area (Å²) in [7, 11) is 0. The van der Waals surface area contributed by atoms with Crippen molar-refractivity contribution in [3.8, 4) is 0 Å². The minimum atomic E-state index is -0.564. The van der Waals surface area contributed by atoms with Gasteiger partial charge >= 0.3 is 5.97 Å². The Bertz CT molecular complexity index is 1000. The molecule has 0 amide bonds. The molecular weight excluding hydrogens is 386 g/mol. The molecule has 4 rings (SSSR count). The minimum Gasteiger partial charge on any atom is -0.459 e. The number of nitrogens with zero attached hydrogens (tertiary/aromatic N) is 3. The highest BCUT2D eigenvalue weighted by atomic mass is 32.2. The zero-order valence-electron chi connectivity index (χ0n) is 17.4. The number of hydrogen-bond acceptors (Lipinski definition) is 6. The third kappa shape index (κ3) is 4.25. The minimum absolute atomic E-state index is 0.0275. The maximum absolute atomic E-state index is 12.3. The van der Waals surface area contributed by atoms with E-state index < -0.39 is 5.60 Å². The second kappa shape index (κ2) is 7.59. The van der Waals surface area contributed by atoms with E-state index in [0.717, 1.165) is 27.9 Å². The number of ketones is 1. The van der Waals surface area contributed by atoms with Gasteiger partial charge in [0, 0.05) is 23.1 Å². The number of ether oxygens (including phenoxy) is 1. The van der Waals surface area contributed by atoms with Crippen molar-refractivity contribution in [1.29, 1.82) is 0 Å². The average molecular weight is 414 g/mol. The molecule has 1 aliphatic heterocycles. The van der Waals surface area contributed by atoms with Gasteiger partial charge in [0.05, 0.1) is 16.6 Å². The Labute approximate surface area is 175 Å². The quantitative estimate of drug-likeness (QED) is 0.549. The number of carbonyl (C=O) groups excluding carboxylic acids is 2. The number of carbonyl (C=O) groups is 2. The lowest BCUT2D eigenvalue weighted by atomic mass is 9.95. The third-order valence-electron chi connectivity index (χ3n) is 5.24. The van der Waals surface area contributed by atoms with Crippen molar-refractivity contribution in [2.75, 3.05) is 0 Å². The molecule has 0 bridgehead atoms. The lowest BCUT2D eigenvalue weighted by molar-refractivity contribution is -0.155. The van der Waals surface area contributed by atoms with E-state index in [0.29, 0.717) is 17.0 Å². The highest BCUT2D eigenvalue weighted by molar-refractivity contribution is 8.15. The van der Waals surface area contributed by atoms with Crippen LogP contribution < -0.4 is 0 Å². The Morgan fingerprint density at radius 2 is 2.00 bits per heavy atom. The van der Waals surface area contributed by atoms with Crippen molar-refractivity contribution in [3.05, 3.63) is 29.5 Å². The van der Waals surface area contributed by atoms with Crippen molar-refractivity contribution >= 4 is 39.5 Å². The number of thioether (sulfide) groups is 1. The van der Waals surface area contributed by atoms with Crippen LogP contribution in [-0.2, 0) is 16.1 Å². The van der Waals surface area contributed by atoms with Gasteiger partial charge in [0.1, 0.15) is 17.8 Å². The van der Waals surface area contributed by atoms with Gasteiger partial charge in [-0.3, -0.25) is 19.3 Å². The van der Waals surface area contributed by atoms with E-state index in [9.17, 15) is 9.59 Å². The zero-order valence-corrected chi connectivity index (χ0v) is 18.2. The molecule has 0 N–H and O–H groups in total. The Morgan fingerprint density at radius 1 is 1.24 bits per heavy atom. The number of hydrogen-bond donors (Lipinski definition) is 0. The molecule has 0 saturated heterocycles. The first-order valence-electron chi connectivity index (χ1n) is 10.2. The van der Waals surface area contributed by atoms with Crippen LogP contribution in [0.25, 0.3) is 10.9 Å².